The maximum atomic E-state index is 13.0. The van der Waals surface area contributed by atoms with E-state index in [-0.39, 0.29) is 11.5 Å². The van der Waals surface area contributed by atoms with Crippen LogP contribution in [0.3, 0.4) is 0 Å². The lowest BCUT2D eigenvalue weighted by Gasteiger charge is -2.38. The van der Waals surface area contributed by atoms with E-state index < -0.39 is 0 Å². The minimum atomic E-state index is -0.0150. The summed E-state index contributed by atoms with van der Waals surface area (Å²) in [6, 6.07) is 7.51. The van der Waals surface area contributed by atoms with E-state index in [0.29, 0.717) is 40.4 Å². The lowest BCUT2D eigenvalue weighted by Crippen LogP contribution is -2.46. The number of hydrogen-bond acceptors (Lipinski definition) is 3. The molecule has 2 fully saturated rings. The molecule has 1 N–H and O–H groups in total. The fourth-order valence-corrected chi connectivity index (χ4v) is 5.58. The monoisotopic (exact) mass is 413 g/mol. The van der Waals surface area contributed by atoms with Gasteiger partial charge in [-0.2, -0.15) is 0 Å². The minimum Gasteiger partial charge on any atom is -0.342 e. The highest BCUT2D eigenvalue weighted by atomic mass is 32.1. The van der Waals surface area contributed by atoms with Gasteiger partial charge in [0, 0.05) is 25.6 Å². The van der Waals surface area contributed by atoms with Gasteiger partial charge in [-0.25, -0.2) is 0 Å². The third-order valence-corrected chi connectivity index (χ3v) is 7.03. The molecule has 0 spiro atoms. The number of aromatic amines is 1. The number of rotatable bonds is 3. The first-order chi connectivity index (χ1) is 13.9. The molecule has 0 bridgehead atoms. The van der Waals surface area contributed by atoms with E-state index >= 15 is 0 Å². The largest absolute Gasteiger partial charge is 0.342 e. The molecule has 4 rings (SSSR count). The molecule has 2 heterocycles. The third kappa shape index (κ3) is 4.32. The third-order valence-electron chi connectivity index (χ3n) is 6.71. The molecule has 1 aromatic carbocycles. The van der Waals surface area contributed by atoms with Crippen molar-refractivity contribution in [2.24, 2.45) is 23.7 Å². The van der Waals surface area contributed by atoms with Gasteiger partial charge in [0.05, 0.1) is 10.9 Å². The summed E-state index contributed by atoms with van der Waals surface area (Å²) in [5.74, 6) is 2.09. The normalized spacial score (nSPS) is 27.9. The quantitative estimate of drug-likeness (QED) is 0.760. The van der Waals surface area contributed by atoms with Crippen LogP contribution in [0.25, 0.3) is 10.9 Å². The van der Waals surface area contributed by atoms with Crippen molar-refractivity contribution >= 4 is 29.0 Å². The molecular formula is C23H31N3O2S. The maximum Gasteiger partial charge on any atom is 0.262 e. The van der Waals surface area contributed by atoms with Crippen molar-refractivity contribution in [2.45, 2.75) is 52.5 Å². The molecule has 1 aliphatic heterocycles. The zero-order chi connectivity index (χ0) is 20.5. The molecule has 2 aliphatic rings. The molecule has 1 aromatic heterocycles. The molecule has 1 amide bonds. The lowest BCUT2D eigenvalue weighted by molar-refractivity contribution is -0.139. The molecule has 1 saturated heterocycles. The SMILES string of the molecule is C[C@@H]1C[C@@H](C)CN(C(=O)C2CCC(Cn3c(=S)[nH]c4ccccc4c3=O)CC2)C1. The maximum absolute atomic E-state index is 13.0. The summed E-state index contributed by atoms with van der Waals surface area (Å²) in [6.45, 7) is 6.95. The lowest BCUT2D eigenvalue weighted by atomic mass is 9.80. The zero-order valence-electron chi connectivity index (χ0n) is 17.4. The van der Waals surface area contributed by atoms with E-state index in [0.717, 1.165) is 44.3 Å². The highest BCUT2D eigenvalue weighted by Crippen LogP contribution is 2.32. The fourth-order valence-electron chi connectivity index (χ4n) is 5.32. The number of carbonyl (C=O) groups excluding carboxylic acids is 1. The summed E-state index contributed by atoms with van der Waals surface area (Å²) < 4.78 is 2.20. The van der Waals surface area contributed by atoms with Gasteiger partial charge in [-0.15, -0.1) is 0 Å². The number of nitrogens with one attached hydrogen (secondary N) is 1. The van der Waals surface area contributed by atoms with E-state index in [2.05, 4.69) is 23.7 Å². The van der Waals surface area contributed by atoms with Crippen LogP contribution in [0.5, 0.6) is 0 Å². The van der Waals surface area contributed by atoms with Crippen molar-refractivity contribution in [3.63, 3.8) is 0 Å². The Balaban J connectivity index is 1.41. The van der Waals surface area contributed by atoms with Gasteiger partial charge >= 0.3 is 0 Å². The molecule has 1 saturated carbocycles. The number of piperidine rings is 1. The van der Waals surface area contributed by atoms with Gasteiger partial charge in [-0.1, -0.05) is 26.0 Å². The van der Waals surface area contributed by atoms with E-state index in [1.54, 1.807) is 4.57 Å². The molecular weight excluding hydrogens is 382 g/mol. The Labute approximate surface area is 177 Å². The zero-order valence-corrected chi connectivity index (χ0v) is 18.2. The first-order valence-corrected chi connectivity index (χ1v) is 11.3. The predicted octanol–water partition coefficient (Wildman–Crippen LogP) is 4.37. The second-order valence-electron chi connectivity index (χ2n) is 9.30. The van der Waals surface area contributed by atoms with Crippen LogP contribution < -0.4 is 5.56 Å². The molecule has 1 aliphatic carbocycles. The molecule has 0 radical (unpaired) electrons. The Morgan fingerprint density at radius 1 is 1.10 bits per heavy atom. The van der Waals surface area contributed by atoms with Crippen LogP contribution in [-0.2, 0) is 11.3 Å². The van der Waals surface area contributed by atoms with Crippen molar-refractivity contribution in [1.29, 1.82) is 0 Å². The Bertz CT molecular complexity index is 993. The van der Waals surface area contributed by atoms with E-state index in [9.17, 15) is 9.59 Å². The Morgan fingerprint density at radius 3 is 2.45 bits per heavy atom. The number of likely N-dealkylation sites (tertiary alicyclic amines) is 1. The standard InChI is InChI=1S/C23H31N3O2S/c1-15-11-16(2)13-25(12-15)21(27)18-9-7-17(8-10-18)14-26-22(28)19-5-3-4-6-20(19)24-23(26)29/h3-6,15-18H,7-14H2,1-2H3,(H,24,29)/t15-,16-,17?,18?/m1/s1. The number of H-pyrrole nitrogens is 1. The summed E-state index contributed by atoms with van der Waals surface area (Å²) >= 11 is 5.45. The summed E-state index contributed by atoms with van der Waals surface area (Å²) in [7, 11) is 0. The van der Waals surface area contributed by atoms with Crippen molar-refractivity contribution < 1.29 is 4.79 Å². The summed E-state index contributed by atoms with van der Waals surface area (Å²) in [5.41, 5.74) is 0.775. The summed E-state index contributed by atoms with van der Waals surface area (Å²) in [4.78, 5) is 31.2. The van der Waals surface area contributed by atoms with E-state index in [1.165, 1.54) is 6.42 Å². The van der Waals surface area contributed by atoms with Crippen molar-refractivity contribution in [2.75, 3.05) is 13.1 Å². The molecule has 6 heteroatoms. The number of hydrogen-bond donors (Lipinski definition) is 1. The first kappa shape index (κ1) is 20.3. The van der Waals surface area contributed by atoms with Gasteiger partial charge in [0.25, 0.3) is 5.56 Å². The molecule has 29 heavy (non-hydrogen) atoms. The van der Waals surface area contributed by atoms with Gasteiger partial charge < -0.3 is 9.88 Å². The summed E-state index contributed by atoms with van der Waals surface area (Å²) in [5, 5.41) is 0.679. The predicted molar refractivity (Wildman–Crippen MR) is 118 cm³/mol. The second-order valence-corrected chi connectivity index (χ2v) is 9.69. The van der Waals surface area contributed by atoms with Gasteiger partial charge in [0.15, 0.2) is 4.77 Å². The smallest absolute Gasteiger partial charge is 0.262 e. The van der Waals surface area contributed by atoms with Crippen LogP contribution in [0, 0.1) is 28.4 Å². The van der Waals surface area contributed by atoms with Gasteiger partial charge in [-0.3, -0.25) is 14.2 Å². The molecule has 5 nitrogen and oxygen atoms in total. The van der Waals surface area contributed by atoms with Crippen molar-refractivity contribution in [3.8, 4) is 0 Å². The number of carbonyl (C=O) groups is 1. The van der Waals surface area contributed by atoms with Crippen molar-refractivity contribution in [3.05, 3.63) is 39.4 Å². The van der Waals surface area contributed by atoms with Crippen LogP contribution in [0.4, 0.5) is 0 Å². The summed E-state index contributed by atoms with van der Waals surface area (Å²) in [6.07, 6.45) is 5.01. The minimum absolute atomic E-state index is 0.0150. The van der Waals surface area contributed by atoms with Gasteiger partial charge in [0.1, 0.15) is 0 Å². The molecule has 0 unspecified atom stereocenters. The topological polar surface area (TPSA) is 58.1 Å². The fraction of sp³-hybridized carbons (Fsp3) is 0.609. The molecule has 2 atom stereocenters. The van der Waals surface area contributed by atoms with Crippen LogP contribution in [0.1, 0.15) is 46.0 Å². The number of para-hydroxylation sites is 1. The second kappa shape index (κ2) is 8.42. The highest BCUT2D eigenvalue weighted by molar-refractivity contribution is 7.71. The van der Waals surface area contributed by atoms with E-state index in [1.807, 2.05) is 24.3 Å². The number of nitrogens with zero attached hydrogens (tertiary/aromatic N) is 2. The number of aromatic nitrogens is 2. The van der Waals surface area contributed by atoms with Crippen LogP contribution in [0.15, 0.2) is 29.1 Å². The Hall–Kier alpha value is -1.95. The van der Waals surface area contributed by atoms with Crippen molar-refractivity contribution in [1.82, 2.24) is 14.5 Å². The van der Waals surface area contributed by atoms with E-state index in [4.69, 9.17) is 12.2 Å². The highest BCUT2D eigenvalue weighted by Gasteiger charge is 2.33. The molecule has 156 valence electrons. The van der Waals surface area contributed by atoms with Crippen LogP contribution in [-0.4, -0.2) is 33.4 Å². The number of fused-ring (bicyclic) bond motifs is 1. The van der Waals surface area contributed by atoms with Gasteiger partial charge in [-0.05, 0) is 74.2 Å². The average Bonchev–Trinajstić information content (AvgIpc) is 2.70. The Kier molecular flexibility index (Phi) is 5.91. The van der Waals surface area contributed by atoms with Crippen LogP contribution >= 0.6 is 12.2 Å². The molecule has 2 aromatic rings. The van der Waals surface area contributed by atoms with Gasteiger partial charge in [0.2, 0.25) is 5.91 Å². The number of benzene rings is 1. The number of amides is 1. The van der Waals surface area contributed by atoms with Crippen LogP contribution in [0.2, 0.25) is 0 Å². The average molecular weight is 414 g/mol. The first-order valence-electron chi connectivity index (χ1n) is 10.9. The Morgan fingerprint density at radius 2 is 1.76 bits per heavy atom.